The number of hydrogen-bond donors (Lipinski definition) is 0. The molecule has 2 aromatic rings. The molecular weight excluding hydrogens is 267 g/mol. The maximum absolute atomic E-state index is 13.1. The molecule has 1 fully saturated rings. The average molecular weight is 288 g/mol. The second-order valence-electron chi connectivity index (χ2n) is 5.64. The largest absolute Gasteiger partial charge is 0.294 e. The van der Waals surface area contributed by atoms with E-state index in [0.29, 0.717) is 12.1 Å². The van der Waals surface area contributed by atoms with Gasteiger partial charge in [0, 0.05) is 12.6 Å². The maximum atomic E-state index is 13.1. The van der Waals surface area contributed by atoms with Crippen molar-refractivity contribution in [2.45, 2.75) is 38.3 Å². The fourth-order valence-corrected chi connectivity index (χ4v) is 3.28. The number of halogens is 1. The van der Waals surface area contributed by atoms with Gasteiger partial charge >= 0.3 is 0 Å². The fraction of sp³-hybridized carbons (Fsp3) is 0.500. The molecule has 5 heteroatoms. The van der Waals surface area contributed by atoms with E-state index in [0.717, 1.165) is 32.4 Å². The van der Waals surface area contributed by atoms with E-state index in [4.69, 9.17) is 0 Å². The molecule has 0 saturated carbocycles. The van der Waals surface area contributed by atoms with Crippen LogP contribution in [0.25, 0.3) is 0 Å². The normalized spacial score (nSPS) is 21.3. The van der Waals surface area contributed by atoms with Crippen LogP contribution < -0.4 is 0 Å². The Morgan fingerprint density at radius 3 is 2.81 bits per heavy atom. The molecule has 0 radical (unpaired) electrons. The van der Waals surface area contributed by atoms with Gasteiger partial charge in [-0.1, -0.05) is 19.1 Å². The highest BCUT2D eigenvalue weighted by Gasteiger charge is 2.27. The summed E-state index contributed by atoms with van der Waals surface area (Å²) in [5.74, 6) is -0.173. The third-order valence-corrected chi connectivity index (χ3v) is 4.32. The van der Waals surface area contributed by atoms with Gasteiger partial charge in [0.05, 0.1) is 6.04 Å². The Labute approximate surface area is 124 Å². The molecule has 2 heterocycles. The van der Waals surface area contributed by atoms with Crippen LogP contribution in [-0.2, 0) is 0 Å². The highest BCUT2D eigenvalue weighted by Crippen LogP contribution is 2.30. The van der Waals surface area contributed by atoms with Crippen LogP contribution in [0.3, 0.4) is 0 Å². The first-order chi connectivity index (χ1) is 10.3. The zero-order valence-electron chi connectivity index (χ0n) is 12.3. The summed E-state index contributed by atoms with van der Waals surface area (Å²) >= 11 is 0. The number of piperidine rings is 1. The van der Waals surface area contributed by atoms with Gasteiger partial charge < -0.3 is 0 Å². The van der Waals surface area contributed by atoms with E-state index in [1.807, 2.05) is 16.8 Å². The minimum absolute atomic E-state index is 0.173. The van der Waals surface area contributed by atoms with Gasteiger partial charge in [-0.2, -0.15) is 5.10 Å². The summed E-state index contributed by atoms with van der Waals surface area (Å²) in [5, 5.41) is 4.27. The van der Waals surface area contributed by atoms with Crippen LogP contribution in [0.15, 0.2) is 36.9 Å². The molecule has 1 aliphatic rings. The minimum Gasteiger partial charge on any atom is -0.294 e. The molecule has 3 rings (SSSR count). The summed E-state index contributed by atoms with van der Waals surface area (Å²) < 4.78 is 15.1. The number of aromatic nitrogens is 3. The van der Waals surface area contributed by atoms with Crippen molar-refractivity contribution < 1.29 is 4.39 Å². The van der Waals surface area contributed by atoms with Gasteiger partial charge in [-0.15, -0.1) is 0 Å². The van der Waals surface area contributed by atoms with Crippen molar-refractivity contribution in [3.63, 3.8) is 0 Å². The number of hydrogen-bond acceptors (Lipinski definition) is 3. The van der Waals surface area contributed by atoms with Gasteiger partial charge in [-0.25, -0.2) is 14.1 Å². The Bertz CT molecular complexity index is 552. The van der Waals surface area contributed by atoms with Crippen molar-refractivity contribution in [3.8, 4) is 0 Å². The lowest BCUT2D eigenvalue weighted by atomic mass is 9.98. The van der Waals surface area contributed by atoms with E-state index in [1.54, 1.807) is 24.8 Å². The van der Waals surface area contributed by atoms with E-state index in [-0.39, 0.29) is 5.82 Å². The Morgan fingerprint density at radius 2 is 2.14 bits per heavy atom. The van der Waals surface area contributed by atoms with E-state index in [2.05, 4.69) is 21.9 Å². The lowest BCUT2D eigenvalue weighted by Crippen LogP contribution is -2.39. The molecule has 112 valence electrons. The monoisotopic (exact) mass is 288 g/mol. The lowest BCUT2D eigenvalue weighted by Gasteiger charge is -2.38. The summed E-state index contributed by atoms with van der Waals surface area (Å²) in [6, 6.07) is 7.64. The van der Waals surface area contributed by atoms with E-state index in [9.17, 15) is 4.39 Å². The van der Waals surface area contributed by atoms with Crippen LogP contribution in [0.2, 0.25) is 0 Å². The van der Waals surface area contributed by atoms with Crippen molar-refractivity contribution >= 4 is 0 Å². The zero-order valence-corrected chi connectivity index (χ0v) is 12.3. The molecule has 21 heavy (non-hydrogen) atoms. The summed E-state index contributed by atoms with van der Waals surface area (Å²) in [4.78, 5) is 6.54. The Morgan fingerprint density at radius 1 is 1.33 bits per heavy atom. The SMILES string of the molecule is CCC(c1ccc(F)cc1)N1CCCC(n2cncn2)C1. The zero-order chi connectivity index (χ0) is 14.7. The van der Waals surface area contributed by atoms with Gasteiger partial charge in [0.1, 0.15) is 18.5 Å². The van der Waals surface area contributed by atoms with Crippen molar-refractivity contribution in [2.24, 2.45) is 0 Å². The standard InChI is InChI=1S/C16H21FN4/c1-2-16(13-5-7-14(17)8-6-13)20-9-3-4-15(10-20)21-12-18-11-19-21/h5-8,11-12,15-16H,2-4,9-10H2,1H3. The summed E-state index contributed by atoms with van der Waals surface area (Å²) in [6.07, 6.45) is 6.71. The summed E-state index contributed by atoms with van der Waals surface area (Å²) in [5.41, 5.74) is 1.19. The summed E-state index contributed by atoms with van der Waals surface area (Å²) in [7, 11) is 0. The Balaban J connectivity index is 1.75. The highest BCUT2D eigenvalue weighted by molar-refractivity contribution is 5.20. The fourth-order valence-electron chi connectivity index (χ4n) is 3.28. The first-order valence-electron chi connectivity index (χ1n) is 7.61. The molecule has 0 aliphatic carbocycles. The van der Waals surface area contributed by atoms with Crippen molar-refractivity contribution in [1.82, 2.24) is 19.7 Å². The van der Waals surface area contributed by atoms with Gasteiger partial charge in [-0.3, -0.25) is 4.90 Å². The third-order valence-electron chi connectivity index (χ3n) is 4.32. The molecule has 2 atom stereocenters. The quantitative estimate of drug-likeness (QED) is 0.866. The van der Waals surface area contributed by atoms with Crippen LogP contribution in [0, 0.1) is 5.82 Å². The van der Waals surface area contributed by atoms with Gasteiger partial charge in [-0.05, 0) is 43.5 Å². The molecule has 4 nitrogen and oxygen atoms in total. The van der Waals surface area contributed by atoms with Crippen LogP contribution in [0.4, 0.5) is 4.39 Å². The molecule has 1 saturated heterocycles. The predicted octanol–water partition coefficient (Wildman–Crippen LogP) is 3.21. The first kappa shape index (κ1) is 14.2. The highest BCUT2D eigenvalue weighted by atomic mass is 19.1. The van der Waals surface area contributed by atoms with Gasteiger partial charge in [0.25, 0.3) is 0 Å². The summed E-state index contributed by atoms with van der Waals surface area (Å²) in [6.45, 7) is 4.24. The van der Waals surface area contributed by atoms with Crippen LogP contribution in [-0.4, -0.2) is 32.8 Å². The van der Waals surface area contributed by atoms with Crippen molar-refractivity contribution in [2.75, 3.05) is 13.1 Å². The maximum Gasteiger partial charge on any atom is 0.137 e. The van der Waals surface area contributed by atoms with E-state index in [1.165, 1.54) is 5.56 Å². The van der Waals surface area contributed by atoms with Gasteiger partial charge in [0.15, 0.2) is 0 Å². The van der Waals surface area contributed by atoms with E-state index < -0.39 is 0 Å². The molecular formula is C16H21FN4. The third kappa shape index (κ3) is 3.13. The molecule has 0 bridgehead atoms. The number of likely N-dealkylation sites (tertiary alicyclic amines) is 1. The lowest BCUT2D eigenvalue weighted by molar-refractivity contribution is 0.117. The van der Waals surface area contributed by atoms with Crippen LogP contribution >= 0.6 is 0 Å². The van der Waals surface area contributed by atoms with Crippen LogP contribution in [0.1, 0.15) is 43.8 Å². The molecule has 0 amide bonds. The number of rotatable bonds is 4. The molecule has 2 unspecified atom stereocenters. The molecule has 1 aliphatic heterocycles. The van der Waals surface area contributed by atoms with Crippen LogP contribution in [0.5, 0.6) is 0 Å². The second kappa shape index (κ2) is 6.35. The van der Waals surface area contributed by atoms with Crippen molar-refractivity contribution in [3.05, 3.63) is 48.3 Å². The second-order valence-corrected chi connectivity index (χ2v) is 5.64. The molecule has 1 aromatic carbocycles. The molecule has 1 aromatic heterocycles. The Hall–Kier alpha value is -1.75. The number of nitrogens with zero attached hydrogens (tertiary/aromatic N) is 4. The smallest absolute Gasteiger partial charge is 0.137 e. The minimum atomic E-state index is -0.173. The number of benzene rings is 1. The van der Waals surface area contributed by atoms with Crippen molar-refractivity contribution in [1.29, 1.82) is 0 Å². The molecule has 0 spiro atoms. The predicted molar refractivity (Wildman–Crippen MR) is 79.3 cm³/mol. The topological polar surface area (TPSA) is 34.0 Å². The average Bonchev–Trinajstić information content (AvgIpc) is 3.05. The first-order valence-corrected chi connectivity index (χ1v) is 7.61. The van der Waals surface area contributed by atoms with E-state index >= 15 is 0 Å². The van der Waals surface area contributed by atoms with Gasteiger partial charge in [0.2, 0.25) is 0 Å². The molecule has 0 N–H and O–H groups in total. The Kier molecular flexibility index (Phi) is 4.29.